The molecule has 0 aliphatic carbocycles. The molecule has 0 fully saturated rings. The third-order valence-corrected chi connectivity index (χ3v) is 4.64. The molecule has 0 amide bonds. The maximum atomic E-state index is 13.4. The third kappa shape index (κ3) is 3.88. The fourth-order valence-electron chi connectivity index (χ4n) is 3.00. The first-order chi connectivity index (χ1) is 12.9. The number of pyridine rings is 1. The molecule has 2 heterocycles. The molecule has 0 spiro atoms. The van der Waals surface area contributed by atoms with Gasteiger partial charge in [-0.05, 0) is 24.1 Å². The average Bonchev–Trinajstić information content (AvgIpc) is 2.66. The molecule has 1 aliphatic heterocycles. The summed E-state index contributed by atoms with van der Waals surface area (Å²) in [5.74, 6) is 0.493. The van der Waals surface area contributed by atoms with Gasteiger partial charge in [0.2, 0.25) is 0 Å². The van der Waals surface area contributed by atoms with Gasteiger partial charge in [0.15, 0.2) is 0 Å². The van der Waals surface area contributed by atoms with Crippen LogP contribution in [0.2, 0.25) is 5.02 Å². The Balaban J connectivity index is 2.29. The van der Waals surface area contributed by atoms with Crippen molar-refractivity contribution in [3.63, 3.8) is 0 Å². The van der Waals surface area contributed by atoms with E-state index in [1.54, 1.807) is 6.07 Å². The molecular weight excluding hydrogens is 370 g/mol. The predicted octanol–water partition coefficient (Wildman–Crippen LogP) is 5.65. The lowest BCUT2D eigenvalue weighted by molar-refractivity contribution is 0.123. The maximum Gasteiger partial charge on any atom is 0.256 e. The Bertz CT molecular complexity index is 923. The Hall–Kier alpha value is -2.66. The van der Waals surface area contributed by atoms with Gasteiger partial charge in [-0.2, -0.15) is 0 Å². The van der Waals surface area contributed by atoms with Crippen molar-refractivity contribution >= 4 is 22.9 Å². The van der Waals surface area contributed by atoms with Crippen LogP contribution in [0.25, 0.3) is 11.3 Å². The van der Waals surface area contributed by atoms with Crippen molar-refractivity contribution in [3.8, 4) is 5.75 Å². The van der Waals surface area contributed by atoms with Gasteiger partial charge in [0.25, 0.3) is 6.43 Å². The number of methoxy groups -OCH3 is 1. The van der Waals surface area contributed by atoms with Gasteiger partial charge < -0.3 is 9.64 Å². The van der Waals surface area contributed by atoms with Crippen molar-refractivity contribution in [3.05, 3.63) is 82.8 Å². The summed E-state index contributed by atoms with van der Waals surface area (Å²) in [4.78, 5) is 5.88. The summed E-state index contributed by atoms with van der Waals surface area (Å²) in [7, 11) is 1.51. The fraction of sp³-hybridized carbons (Fsp3) is 0.190. The smallest absolute Gasteiger partial charge is 0.256 e. The third-order valence-electron chi connectivity index (χ3n) is 4.35. The maximum absolute atomic E-state index is 13.4. The van der Waals surface area contributed by atoms with E-state index < -0.39 is 13.0 Å². The second kappa shape index (κ2) is 7.92. The van der Waals surface area contributed by atoms with Crippen LogP contribution in [0, 0.1) is 0 Å². The molecule has 0 unspecified atom stereocenters. The first-order valence-electron chi connectivity index (χ1n) is 8.35. The normalized spacial score (nSPS) is 14.7. The van der Waals surface area contributed by atoms with Crippen LogP contribution in [0.3, 0.4) is 0 Å². The summed E-state index contributed by atoms with van der Waals surface area (Å²) in [5, 5.41) is 0.317. The molecule has 3 nitrogen and oxygen atoms in total. The number of hydrogen-bond acceptors (Lipinski definition) is 3. The van der Waals surface area contributed by atoms with Crippen molar-refractivity contribution in [1.82, 2.24) is 9.88 Å². The lowest BCUT2D eigenvalue weighted by Crippen LogP contribution is -2.30. The van der Waals surface area contributed by atoms with E-state index in [1.165, 1.54) is 18.2 Å². The Morgan fingerprint density at radius 3 is 2.56 bits per heavy atom. The van der Waals surface area contributed by atoms with Gasteiger partial charge in [-0.25, -0.2) is 13.8 Å². The molecule has 0 saturated carbocycles. The van der Waals surface area contributed by atoms with Gasteiger partial charge in [0.1, 0.15) is 11.4 Å². The molecule has 2 aromatic rings. The lowest BCUT2D eigenvalue weighted by atomic mass is 9.93. The van der Waals surface area contributed by atoms with E-state index in [0.29, 0.717) is 27.9 Å². The lowest BCUT2D eigenvalue weighted by Gasteiger charge is -2.34. The monoisotopic (exact) mass is 388 g/mol. The van der Waals surface area contributed by atoms with Crippen LogP contribution in [0.5, 0.6) is 5.75 Å². The summed E-state index contributed by atoms with van der Waals surface area (Å²) >= 11 is 6.44. The van der Waals surface area contributed by atoms with Crippen LogP contribution in [0.4, 0.5) is 8.78 Å². The highest BCUT2D eigenvalue weighted by Gasteiger charge is 2.29. The molecule has 0 atom stereocenters. The van der Waals surface area contributed by atoms with E-state index in [1.807, 2.05) is 43.3 Å². The first kappa shape index (κ1) is 19.1. The molecule has 0 N–H and O–H groups in total. The molecule has 1 aromatic carbocycles. The van der Waals surface area contributed by atoms with Gasteiger partial charge in [0, 0.05) is 17.3 Å². The molecule has 3 rings (SSSR count). The first-order valence-corrected chi connectivity index (χ1v) is 8.73. The SMILES string of the molecule is C=C1C(C)=CC(c2ccccc2)=C(c2ncc(OC)cc2Cl)N1CC(F)F. The molecule has 140 valence electrons. The molecule has 6 heteroatoms. The van der Waals surface area contributed by atoms with Crippen LogP contribution < -0.4 is 4.74 Å². The van der Waals surface area contributed by atoms with E-state index in [-0.39, 0.29) is 0 Å². The molecule has 0 saturated heterocycles. The highest BCUT2D eigenvalue weighted by Crippen LogP contribution is 2.41. The molecular formula is C21H19ClF2N2O. The van der Waals surface area contributed by atoms with E-state index in [9.17, 15) is 8.78 Å². The highest BCUT2D eigenvalue weighted by atomic mass is 35.5. The summed E-state index contributed by atoms with van der Waals surface area (Å²) in [5.41, 5.74) is 3.86. The summed E-state index contributed by atoms with van der Waals surface area (Å²) < 4.78 is 31.9. The van der Waals surface area contributed by atoms with Crippen molar-refractivity contribution < 1.29 is 13.5 Å². The zero-order chi connectivity index (χ0) is 19.6. The zero-order valence-corrected chi connectivity index (χ0v) is 15.8. The van der Waals surface area contributed by atoms with Gasteiger partial charge in [-0.1, -0.05) is 48.5 Å². The number of ether oxygens (including phenoxy) is 1. The van der Waals surface area contributed by atoms with Crippen LogP contribution in [-0.4, -0.2) is 30.0 Å². The van der Waals surface area contributed by atoms with Crippen molar-refractivity contribution in [2.24, 2.45) is 0 Å². The van der Waals surface area contributed by atoms with E-state index in [0.717, 1.165) is 16.7 Å². The second-order valence-corrected chi connectivity index (χ2v) is 6.52. The largest absolute Gasteiger partial charge is 0.495 e. The van der Waals surface area contributed by atoms with Crippen molar-refractivity contribution in [2.45, 2.75) is 13.3 Å². The Kier molecular flexibility index (Phi) is 5.61. The number of hydrogen-bond donors (Lipinski definition) is 0. The minimum atomic E-state index is -2.54. The quantitative estimate of drug-likeness (QED) is 0.661. The Labute approximate surface area is 162 Å². The number of aromatic nitrogens is 1. The molecule has 1 aliphatic rings. The number of benzene rings is 1. The van der Waals surface area contributed by atoms with Gasteiger partial charge >= 0.3 is 0 Å². The summed E-state index contributed by atoms with van der Waals surface area (Å²) in [6.45, 7) is 5.34. The minimum absolute atomic E-state index is 0.317. The number of alkyl halides is 2. The molecule has 27 heavy (non-hydrogen) atoms. The summed E-state index contributed by atoms with van der Waals surface area (Å²) in [6, 6.07) is 11.2. The number of rotatable bonds is 5. The average molecular weight is 389 g/mol. The predicted molar refractivity (Wildman–Crippen MR) is 105 cm³/mol. The Morgan fingerprint density at radius 2 is 1.96 bits per heavy atom. The van der Waals surface area contributed by atoms with Crippen LogP contribution in [0.1, 0.15) is 18.2 Å². The Morgan fingerprint density at radius 1 is 1.26 bits per heavy atom. The van der Waals surface area contributed by atoms with Gasteiger partial charge in [0.05, 0.1) is 30.6 Å². The van der Waals surface area contributed by atoms with Crippen LogP contribution in [0.15, 0.2) is 66.5 Å². The number of halogens is 3. The van der Waals surface area contributed by atoms with E-state index in [2.05, 4.69) is 11.6 Å². The van der Waals surface area contributed by atoms with Crippen molar-refractivity contribution in [1.29, 1.82) is 0 Å². The second-order valence-electron chi connectivity index (χ2n) is 6.11. The minimum Gasteiger partial charge on any atom is -0.495 e. The van der Waals surface area contributed by atoms with Crippen LogP contribution in [-0.2, 0) is 0 Å². The number of allylic oxidation sites excluding steroid dienone is 3. The highest BCUT2D eigenvalue weighted by molar-refractivity contribution is 6.32. The van der Waals surface area contributed by atoms with Crippen molar-refractivity contribution in [2.75, 3.05) is 13.7 Å². The van der Waals surface area contributed by atoms with E-state index in [4.69, 9.17) is 16.3 Å². The molecule has 1 aromatic heterocycles. The van der Waals surface area contributed by atoms with Gasteiger partial charge in [-0.3, -0.25) is 0 Å². The van der Waals surface area contributed by atoms with E-state index >= 15 is 0 Å². The van der Waals surface area contributed by atoms with Gasteiger partial charge in [-0.15, -0.1) is 0 Å². The summed E-state index contributed by atoms with van der Waals surface area (Å²) in [6.07, 6.45) is 0.902. The standard InChI is InChI=1S/C21H19ClF2N2O/c1-13-9-17(15-7-5-4-6-8-15)21(26(14(13)2)12-19(23)24)20-18(22)10-16(27-3)11-25-20/h4-11,19H,2,12H2,1,3H3. The topological polar surface area (TPSA) is 25.4 Å². The molecule has 0 bridgehead atoms. The number of nitrogens with zero attached hydrogens (tertiary/aromatic N) is 2. The van der Waals surface area contributed by atoms with Crippen LogP contribution >= 0.6 is 11.6 Å². The fourth-order valence-corrected chi connectivity index (χ4v) is 3.25. The zero-order valence-electron chi connectivity index (χ0n) is 15.0. The molecule has 0 radical (unpaired) electrons.